The summed E-state index contributed by atoms with van der Waals surface area (Å²) in [6.45, 7) is 0. The number of hydrogen-bond donors (Lipinski definition) is 0. The van der Waals surface area contributed by atoms with Gasteiger partial charge in [0.25, 0.3) is 0 Å². The first kappa shape index (κ1) is 14.8. The first-order valence-corrected chi connectivity index (χ1v) is 11.1. The van der Waals surface area contributed by atoms with Crippen molar-refractivity contribution in [1.82, 2.24) is 0 Å². The second-order valence-corrected chi connectivity index (χ2v) is 9.75. The van der Waals surface area contributed by atoms with Crippen molar-refractivity contribution in [1.29, 1.82) is 0 Å². The van der Waals surface area contributed by atoms with Crippen molar-refractivity contribution in [3.63, 3.8) is 0 Å². The number of rotatable bonds is 3. The molecule has 1 aromatic rings. The normalized spacial score (nSPS) is 28.9. The zero-order chi connectivity index (χ0) is 13.8. The van der Waals surface area contributed by atoms with E-state index in [1.807, 2.05) is 12.1 Å². The van der Waals surface area contributed by atoms with Crippen LogP contribution in [0.3, 0.4) is 0 Å². The van der Waals surface area contributed by atoms with Crippen molar-refractivity contribution in [2.45, 2.75) is 44.9 Å². The Morgan fingerprint density at radius 3 is 2.10 bits per heavy atom. The van der Waals surface area contributed by atoms with E-state index in [1.165, 1.54) is 31.2 Å². The van der Waals surface area contributed by atoms with Gasteiger partial charge in [0.15, 0.2) is 0 Å². The van der Waals surface area contributed by atoms with Gasteiger partial charge in [0, 0.05) is 0 Å². The summed E-state index contributed by atoms with van der Waals surface area (Å²) < 4.78 is 16.1. The second-order valence-electron chi connectivity index (χ2n) is 6.52. The predicted molar refractivity (Wildman–Crippen MR) is 78.0 cm³/mol. The van der Waals surface area contributed by atoms with Crippen LogP contribution in [0.5, 0.6) is 0 Å². The zero-order valence-corrected chi connectivity index (χ0v) is 14.3. The number of hydrogen-bond acceptors (Lipinski definition) is 0. The topological polar surface area (TPSA) is 0 Å². The van der Waals surface area contributed by atoms with Gasteiger partial charge in [-0.1, -0.05) is 0 Å². The van der Waals surface area contributed by atoms with Crippen molar-refractivity contribution >= 4 is 0 Å². The van der Waals surface area contributed by atoms with Gasteiger partial charge < -0.3 is 0 Å². The fourth-order valence-electron chi connectivity index (χ4n) is 3.96. The van der Waals surface area contributed by atoms with Gasteiger partial charge in [0.2, 0.25) is 0 Å². The molecule has 0 nitrogen and oxygen atoms in total. The van der Waals surface area contributed by atoms with Crippen LogP contribution in [0.2, 0.25) is 0 Å². The minimum absolute atomic E-state index is 0.113. The Kier molecular flexibility index (Phi) is 5.36. The summed E-state index contributed by atoms with van der Waals surface area (Å²) in [4.78, 5) is 0. The number of halogens is 2. The molecule has 1 saturated carbocycles. The van der Waals surface area contributed by atoms with Gasteiger partial charge in [-0.2, -0.15) is 0 Å². The minimum atomic E-state index is -0.113. The predicted octanol–water partition coefficient (Wildman–Crippen LogP) is 1.67. The molecule has 20 heavy (non-hydrogen) atoms. The molecule has 0 spiro atoms. The summed E-state index contributed by atoms with van der Waals surface area (Å²) in [5.41, 5.74) is 1.32. The molecule has 1 heterocycles. The fraction of sp³-hybridized carbons (Fsp3) is 0.667. The van der Waals surface area contributed by atoms with Crippen LogP contribution in [0.15, 0.2) is 24.3 Å². The average Bonchev–Trinajstić information content (AvgIpc) is 2.51. The van der Waals surface area contributed by atoms with E-state index in [2.05, 4.69) is 0 Å². The first-order chi connectivity index (χ1) is 9.81. The number of benzene rings is 1. The molecule has 2 heteroatoms. The van der Waals surface area contributed by atoms with Crippen LogP contribution in [0, 0.1) is 23.6 Å². The molecule has 1 aliphatic heterocycles. The molecule has 2 aliphatic rings. The molecular formula is C18H25FI-. The van der Waals surface area contributed by atoms with Gasteiger partial charge in [0.1, 0.15) is 0 Å². The van der Waals surface area contributed by atoms with E-state index < -0.39 is 0 Å². The molecular weight excluding hydrogens is 362 g/mol. The Labute approximate surface area is 132 Å². The Balaban J connectivity index is 1.47. The van der Waals surface area contributed by atoms with E-state index in [0.29, 0.717) is 21.2 Å². The molecule has 0 aromatic heterocycles. The molecule has 0 bridgehead atoms. The van der Waals surface area contributed by atoms with Crippen LogP contribution < -0.4 is 21.2 Å². The van der Waals surface area contributed by atoms with Gasteiger partial charge >= 0.3 is 128 Å². The van der Waals surface area contributed by atoms with Gasteiger partial charge in [-0.25, -0.2) is 4.39 Å². The standard InChI is InChI=1S/C18H25FI/c19-18-7-3-15(4-8-18)13-14-1-5-16(6-2-14)17-9-11-20-12-10-17/h3-4,7-8,14,16-17H,1-2,5-6,9-13H2/q-1. The molecule has 112 valence electrons. The second kappa shape index (κ2) is 7.24. The Hall–Kier alpha value is -0.120. The molecule has 1 aromatic carbocycles. The van der Waals surface area contributed by atoms with Crippen molar-refractivity contribution in [3.8, 4) is 0 Å². The Bertz CT molecular complexity index is 400. The molecule has 0 N–H and O–H groups in total. The van der Waals surface area contributed by atoms with Gasteiger partial charge in [0.05, 0.1) is 0 Å². The quantitative estimate of drug-likeness (QED) is 0.547. The van der Waals surface area contributed by atoms with Crippen molar-refractivity contribution < 1.29 is 25.6 Å². The third kappa shape index (κ3) is 3.96. The molecule has 0 unspecified atom stereocenters. The maximum absolute atomic E-state index is 12.9. The van der Waals surface area contributed by atoms with E-state index in [0.717, 1.165) is 24.2 Å². The van der Waals surface area contributed by atoms with Gasteiger partial charge in [-0.3, -0.25) is 0 Å². The van der Waals surface area contributed by atoms with Crippen LogP contribution in [0.4, 0.5) is 4.39 Å². The maximum atomic E-state index is 12.9. The van der Waals surface area contributed by atoms with Crippen LogP contribution in [0.1, 0.15) is 44.1 Å². The van der Waals surface area contributed by atoms with Crippen molar-refractivity contribution in [2.24, 2.45) is 17.8 Å². The monoisotopic (exact) mass is 387 g/mol. The van der Waals surface area contributed by atoms with Crippen LogP contribution in [-0.2, 0) is 6.42 Å². The van der Waals surface area contributed by atoms with Crippen molar-refractivity contribution in [2.75, 3.05) is 8.86 Å². The summed E-state index contributed by atoms with van der Waals surface area (Å²) in [5.74, 6) is 2.82. The zero-order valence-electron chi connectivity index (χ0n) is 12.2. The molecule has 3 rings (SSSR count). The summed E-state index contributed by atoms with van der Waals surface area (Å²) >= 11 is 0.588. The van der Waals surface area contributed by atoms with E-state index in [4.69, 9.17) is 0 Å². The third-order valence-corrected chi connectivity index (χ3v) is 7.99. The molecule has 2 fully saturated rings. The van der Waals surface area contributed by atoms with E-state index in [1.54, 1.807) is 33.8 Å². The SMILES string of the molecule is Fc1ccc(CC2CCC(C3CC[I-]CC3)CC2)cc1. The molecule has 0 amide bonds. The van der Waals surface area contributed by atoms with Gasteiger partial charge in [-0.15, -0.1) is 0 Å². The summed E-state index contributed by atoms with van der Waals surface area (Å²) in [7, 11) is 0. The fourth-order valence-corrected chi connectivity index (χ4v) is 6.98. The summed E-state index contributed by atoms with van der Waals surface area (Å²) in [6.07, 6.45) is 9.94. The Morgan fingerprint density at radius 1 is 0.850 bits per heavy atom. The van der Waals surface area contributed by atoms with Gasteiger partial charge in [-0.05, 0) is 0 Å². The molecule has 0 radical (unpaired) electrons. The van der Waals surface area contributed by atoms with Crippen LogP contribution in [0.25, 0.3) is 0 Å². The van der Waals surface area contributed by atoms with Crippen LogP contribution in [-0.4, -0.2) is 8.86 Å². The van der Waals surface area contributed by atoms with E-state index >= 15 is 0 Å². The molecule has 0 atom stereocenters. The summed E-state index contributed by atoms with van der Waals surface area (Å²) in [5, 5.41) is 0. The van der Waals surface area contributed by atoms with Crippen molar-refractivity contribution in [3.05, 3.63) is 35.6 Å². The number of alkyl halides is 2. The van der Waals surface area contributed by atoms with E-state index in [-0.39, 0.29) is 5.82 Å². The Morgan fingerprint density at radius 2 is 1.45 bits per heavy atom. The van der Waals surface area contributed by atoms with E-state index in [9.17, 15) is 4.39 Å². The summed E-state index contributed by atoms with van der Waals surface area (Å²) in [6, 6.07) is 7.14. The van der Waals surface area contributed by atoms with Crippen LogP contribution >= 0.6 is 0 Å². The molecule has 1 saturated heterocycles. The average molecular weight is 387 g/mol. The third-order valence-electron chi connectivity index (χ3n) is 5.22. The molecule has 1 aliphatic carbocycles. The first-order valence-electron chi connectivity index (χ1n) is 8.09.